The fourth-order valence-corrected chi connectivity index (χ4v) is 3.62. The van der Waals surface area contributed by atoms with E-state index in [1.54, 1.807) is 13.3 Å². The minimum Gasteiger partial charge on any atom is -0.378 e. The highest BCUT2D eigenvalue weighted by Gasteiger charge is 2.30. The Labute approximate surface area is 139 Å². The number of amides is 2. The first kappa shape index (κ1) is 15.9. The van der Waals surface area contributed by atoms with Gasteiger partial charge < -0.3 is 9.64 Å². The van der Waals surface area contributed by atoms with Gasteiger partial charge in [0.15, 0.2) is 5.13 Å². The van der Waals surface area contributed by atoms with Gasteiger partial charge in [0.05, 0.1) is 24.0 Å². The Morgan fingerprint density at radius 3 is 3.13 bits per heavy atom. The maximum atomic E-state index is 12.7. The summed E-state index contributed by atoms with van der Waals surface area (Å²) in [5.74, 6) is 0. The number of hydrogen-bond acceptors (Lipinski definition) is 5. The highest BCUT2D eigenvalue weighted by Crippen LogP contribution is 2.31. The van der Waals surface area contributed by atoms with E-state index in [1.165, 1.54) is 11.3 Å². The zero-order valence-electron chi connectivity index (χ0n) is 13.4. The van der Waals surface area contributed by atoms with Crippen LogP contribution in [0.1, 0.15) is 36.7 Å². The fraction of sp³-hybridized carbons (Fsp3) is 0.533. The van der Waals surface area contributed by atoms with Crippen molar-refractivity contribution >= 4 is 22.5 Å². The molecule has 1 atom stereocenters. The summed E-state index contributed by atoms with van der Waals surface area (Å²) in [5, 5.41) is 9.64. The number of urea groups is 1. The standard InChI is InChI=1S/C15H21N5O2S/c1-19-12(6-7-16-19)13-5-3-4-8-20(13)15(21)18-14-17-11(9-22-2)10-23-14/h6-7,10,13H,3-5,8-9H2,1-2H3,(H,17,18,21)/t13-/m1/s1. The zero-order chi connectivity index (χ0) is 16.2. The average molecular weight is 335 g/mol. The Kier molecular flexibility index (Phi) is 4.92. The van der Waals surface area contributed by atoms with Gasteiger partial charge in [0.2, 0.25) is 0 Å². The van der Waals surface area contributed by atoms with Crippen molar-refractivity contribution < 1.29 is 9.53 Å². The van der Waals surface area contributed by atoms with Crippen molar-refractivity contribution in [1.29, 1.82) is 0 Å². The molecule has 1 N–H and O–H groups in total. The van der Waals surface area contributed by atoms with Crippen molar-refractivity contribution in [2.45, 2.75) is 31.9 Å². The predicted octanol–water partition coefficient (Wildman–Crippen LogP) is 2.78. The number of methoxy groups -OCH3 is 1. The molecule has 2 aromatic rings. The van der Waals surface area contributed by atoms with Crippen molar-refractivity contribution in [3.05, 3.63) is 29.0 Å². The van der Waals surface area contributed by atoms with E-state index in [1.807, 2.05) is 28.1 Å². The normalized spacial score (nSPS) is 18.2. The minimum absolute atomic E-state index is 0.0645. The van der Waals surface area contributed by atoms with E-state index in [4.69, 9.17) is 4.74 Å². The summed E-state index contributed by atoms with van der Waals surface area (Å²) in [7, 11) is 3.54. The van der Waals surface area contributed by atoms with Crippen LogP contribution in [-0.2, 0) is 18.4 Å². The van der Waals surface area contributed by atoms with E-state index in [0.717, 1.165) is 37.2 Å². The number of piperidine rings is 1. The topological polar surface area (TPSA) is 72.3 Å². The molecule has 23 heavy (non-hydrogen) atoms. The number of nitrogens with one attached hydrogen (secondary N) is 1. The Balaban J connectivity index is 1.72. The summed E-state index contributed by atoms with van der Waals surface area (Å²) in [5.41, 5.74) is 1.90. The van der Waals surface area contributed by atoms with Crippen molar-refractivity contribution in [1.82, 2.24) is 19.7 Å². The van der Waals surface area contributed by atoms with Gasteiger partial charge in [-0.05, 0) is 25.3 Å². The first-order valence-corrected chi connectivity index (χ1v) is 8.56. The molecule has 3 rings (SSSR count). The number of carbonyl (C=O) groups excluding carboxylic acids is 1. The molecule has 8 heteroatoms. The van der Waals surface area contributed by atoms with Crippen LogP contribution in [0.3, 0.4) is 0 Å². The molecule has 0 saturated carbocycles. The second-order valence-electron chi connectivity index (χ2n) is 5.59. The summed E-state index contributed by atoms with van der Waals surface area (Å²) in [6.07, 6.45) is 4.88. The van der Waals surface area contributed by atoms with Crippen LogP contribution in [0.2, 0.25) is 0 Å². The van der Waals surface area contributed by atoms with E-state index in [0.29, 0.717) is 11.7 Å². The van der Waals surface area contributed by atoms with E-state index in [9.17, 15) is 4.79 Å². The van der Waals surface area contributed by atoms with Gasteiger partial charge in [0, 0.05) is 32.3 Å². The summed E-state index contributed by atoms with van der Waals surface area (Å²) < 4.78 is 6.90. The van der Waals surface area contributed by atoms with Crippen LogP contribution in [0.15, 0.2) is 17.6 Å². The van der Waals surface area contributed by atoms with Gasteiger partial charge >= 0.3 is 6.03 Å². The smallest absolute Gasteiger partial charge is 0.324 e. The van der Waals surface area contributed by atoms with Crippen molar-refractivity contribution in [3.63, 3.8) is 0 Å². The van der Waals surface area contributed by atoms with Gasteiger partial charge in [0.25, 0.3) is 0 Å². The number of hydrogen-bond donors (Lipinski definition) is 1. The predicted molar refractivity (Wildman–Crippen MR) is 88.4 cm³/mol. The molecule has 3 heterocycles. The van der Waals surface area contributed by atoms with Crippen molar-refractivity contribution in [2.24, 2.45) is 7.05 Å². The third kappa shape index (κ3) is 3.53. The molecular formula is C15H21N5O2S. The van der Waals surface area contributed by atoms with Gasteiger partial charge in [-0.3, -0.25) is 10.00 Å². The molecule has 2 aromatic heterocycles. The molecule has 1 aliphatic rings. The molecule has 1 saturated heterocycles. The highest BCUT2D eigenvalue weighted by molar-refractivity contribution is 7.13. The Bertz CT molecular complexity index is 668. The van der Waals surface area contributed by atoms with Crippen LogP contribution >= 0.6 is 11.3 Å². The van der Waals surface area contributed by atoms with E-state index >= 15 is 0 Å². The van der Waals surface area contributed by atoms with Crippen molar-refractivity contribution in [3.8, 4) is 0 Å². The Hall–Kier alpha value is -1.93. The molecule has 124 valence electrons. The lowest BCUT2D eigenvalue weighted by atomic mass is 10.00. The molecule has 7 nitrogen and oxygen atoms in total. The van der Waals surface area contributed by atoms with Gasteiger partial charge in [0.1, 0.15) is 0 Å². The average Bonchev–Trinajstić information content (AvgIpc) is 3.17. The molecule has 0 aromatic carbocycles. The lowest BCUT2D eigenvalue weighted by molar-refractivity contribution is 0.159. The summed E-state index contributed by atoms with van der Waals surface area (Å²) >= 11 is 1.42. The Morgan fingerprint density at radius 1 is 1.52 bits per heavy atom. The number of rotatable bonds is 4. The van der Waals surface area contributed by atoms with Crippen LogP contribution in [0.4, 0.5) is 9.93 Å². The number of aryl methyl sites for hydroxylation is 1. The quantitative estimate of drug-likeness (QED) is 0.932. The minimum atomic E-state index is -0.103. The van der Waals surface area contributed by atoms with Gasteiger partial charge in [-0.1, -0.05) is 0 Å². The highest BCUT2D eigenvalue weighted by atomic mass is 32.1. The second-order valence-corrected chi connectivity index (χ2v) is 6.45. The van der Waals surface area contributed by atoms with E-state index < -0.39 is 0 Å². The molecule has 1 aliphatic heterocycles. The zero-order valence-corrected chi connectivity index (χ0v) is 14.2. The second kappa shape index (κ2) is 7.10. The van der Waals surface area contributed by atoms with E-state index in [2.05, 4.69) is 15.4 Å². The number of thiazole rings is 1. The molecular weight excluding hydrogens is 314 g/mol. The van der Waals surface area contributed by atoms with Crippen LogP contribution in [0.5, 0.6) is 0 Å². The van der Waals surface area contributed by atoms with Gasteiger partial charge in [-0.15, -0.1) is 11.3 Å². The number of aromatic nitrogens is 3. The number of anilines is 1. The maximum Gasteiger partial charge on any atom is 0.324 e. The maximum absolute atomic E-state index is 12.7. The molecule has 2 amide bonds. The lowest BCUT2D eigenvalue weighted by Gasteiger charge is -2.35. The molecule has 0 bridgehead atoms. The van der Waals surface area contributed by atoms with Gasteiger partial charge in [-0.25, -0.2) is 9.78 Å². The first-order chi connectivity index (χ1) is 11.2. The van der Waals surface area contributed by atoms with Gasteiger partial charge in [-0.2, -0.15) is 5.10 Å². The van der Waals surface area contributed by atoms with E-state index in [-0.39, 0.29) is 12.1 Å². The SMILES string of the molecule is COCc1csc(NC(=O)N2CCCC[C@@H]2c2ccnn2C)n1. The summed E-state index contributed by atoms with van der Waals surface area (Å²) in [4.78, 5) is 18.9. The molecule has 0 aliphatic carbocycles. The molecule has 0 spiro atoms. The van der Waals surface area contributed by atoms with Crippen molar-refractivity contribution in [2.75, 3.05) is 19.0 Å². The summed E-state index contributed by atoms with van der Waals surface area (Å²) in [6.45, 7) is 1.20. The third-order valence-corrected chi connectivity index (χ3v) is 4.83. The van der Waals surface area contributed by atoms with Crippen LogP contribution in [0, 0.1) is 0 Å². The molecule has 0 radical (unpaired) electrons. The third-order valence-electron chi connectivity index (χ3n) is 4.02. The molecule has 0 unspecified atom stereocenters. The van der Waals surface area contributed by atoms with Crippen LogP contribution in [0.25, 0.3) is 0 Å². The Morgan fingerprint density at radius 2 is 2.39 bits per heavy atom. The lowest BCUT2D eigenvalue weighted by Crippen LogP contribution is -2.41. The number of ether oxygens (including phenoxy) is 1. The molecule has 1 fully saturated rings. The number of carbonyl (C=O) groups is 1. The van der Waals surface area contributed by atoms with Crippen LogP contribution < -0.4 is 5.32 Å². The summed E-state index contributed by atoms with van der Waals surface area (Å²) in [6, 6.07) is 1.94. The number of likely N-dealkylation sites (tertiary alicyclic amines) is 1. The van der Waals surface area contributed by atoms with Crippen LogP contribution in [-0.4, -0.2) is 39.4 Å². The first-order valence-electron chi connectivity index (χ1n) is 7.68. The monoisotopic (exact) mass is 335 g/mol. The fourth-order valence-electron chi connectivity index (χ4n) is 2.93. The number of nitrogens with zero attached hydrogens (tertiary/aromatic N) is 4. The largest absolute Gasteiger partial charge is 0.378 e.